The summed E-state index contributed by atoms with van der Waals surface area (Å²) in [6, 6.07) is 0. The van der Waals surface area contributed by atoms with Crippen molar-refractivity contribution in [1.29, 1.82) is 0 Å². The molecule has 0 spiro atoms. The van der Waals surface area contributed by atoms with Gasteiger partial charge in [-0.15, -0.1) is 0 Å². The maximum Gasteiger partial charge on any atom is 0.376 e. The van der Waals surface area contributed by atoms with Crippen LogP contribution in [0.4, 0.5) is 0 Å². The molecule has 1 aromatic heterocycles. The number of hydrogen-bond donors (Lipinski definition) is 0. The van der Waals surface area contributed by atoms with Crippen molar-refractivity contribution >= 4 is 11.9 Å². The van der Waals surface area contributed by atoms with Crippen LogP contribution in [0.2, 0.25) is 0 Å². The summed E-state index contributed by atoms with van der Waals surface area (Å²) in [5.74, 6) is -0.970. The van der Waals surface area contributed by atoms with E-state index in [4.69, 9.17) is 4.42 Å². The topological polar surface area (TPSA) is 78.6 Å². The fourth-order valence-corrected chi connectivity index (χ4v) is 2.68. The van der Waals surface area contributed by atoms with Crippen LogP contribution >= 0.6 is 0 Å². The second-order valence-electron chi connectivity index (χ2n) is 5.26. The Kier molecular flexibility index (Phi) is 5.36. The van der Waals surface area contributed by atoms with Crippen LogP contribution in [0.3, 0.4) is 0 Å². The van der Waals surface area contributed by atoms with Gasteiger partial charge in [-0.2, -0.15) is 0 Å². The van der Waals surface area contributed by atoms with E-state index in [-0.39, 0.29) is 17.4 Å². The van der Waals surface area contributed by atoms with Gasteiger partial charge in [-0.1, -0.05) is 32.1 Å². The van der Waals surface area contributed by atoms with Gasteiger partial charge in [0.05, 0.1) is 14.2 Å². The SMILES string of the molecule is COC(=O)c1nc(C2CCCCCCC2)oc1C(=O)OC. The Morgan fingerprint density at radius 3 is 2.14 bits per heavy atom. The molecular weight excluding hydrogens is 274 g/mol. The Hall–Kier alpha value is -1.85. The van der Waals surface area contributed by atoms with Crippen molar-refractivity contribution < 1.29 is 23.5 Å². The molecule has 1 aromatic rings. The van der Waals surface area contributed by atoms with Gasteiger partial charge in [-0.25, -0.2) is 14.6 Å². The van der Waals surface area contributed by atoms with Crippen molar-refractivity contribution in [1.82, 2.24) is 4.98 Å². The third-order valence-corrected chi connectivity index (χ3v) is 3.85. The Morgan fingerprint density at radius 2 is 1.57 bits per heavy atom. The normalized spacial score (nSPS) is 16.9. The van der Waals surface area contributed by atoms with Crippen LogP contribution in [0.25, 0.3) is 0 Å². The molecule has 21 heavy (non-hydrogen) atoms. The van der Waals surface area contributed by atoms with Crippen molar-refractivity contribution in [2.24, 2.45) is 0 Å². The van der Waals surface area contributed by atoms with Gasteiger partial charge in [0.25, 0.3) is 0 Å². The number of oxazole rings is 1. The molecule has 0 amide bonds. The minimum atomic E-state index is -0.708. The molecule has 0 N–H and O–H groups in total. The molecule has 1 aliphatic carbocycles. The summed E-state index contributed by atoms with van der Waals surface area (Å²) < 4.78 is 14.8. The van der Waals surface area contributed by atoms with Crippen LogP contribution in [-0.4, -0.2) is 31.1 Å². The van der Waals surface area contributed by atoms with Crippen LogP contribution in [-0.2, 0) is 9.47 Å². The zero-order valence-electron chi connectivity index (χ0n) is 12.5. The number of nitrogens with zero attached hydrogens (tertiary/aromatic N) is 1. The first-order chi connectivity index (χ1) is 10.2. The molecule has 1 heterocycles. The van der Waals surface area contributed by atoms with E-state index >= 15 is 0 Å². The summed E-state index contributed by atoms with van der Waals surface area (Å²) >= 11 is 0. The number of hydrogen-bond acceptors (Lipinski definition) is 6. The average Bonchev–Trinajstić information content (AvgIpc) is 2.90. The molecule has 0 atom stereocenters. The molecule has 0 saturated heterocycles. The highest BCUT2D eigenvalue weighted by Gasteiger charge is 2.29. The van der Waals surface area contributed by atoms with Gasteiger partial charge in [0.2, 0.25) is 11.5 Å². The number of ether oxygens (including phenoxy) is 2. The van der Waals surface area contributed by atoms with E-state index in [9.17, 15) is 9.59 Å². The molecule has 116 valence electrons. The molecule has 6 heteroatoms. The summed E-state index contributed by atoms with van der Waals surface area (Å²) in [7, 11) is 2.48. The fourth-order valence-electron chi connectivity index (χ4n) is 2.68. The quantitative estimate of drug-likeness (QED) is 0.797. The third kappa shape index (κ3) is 3.62. The molecule has 0 radical (unpaired) electrons. The lowest BCUT2D eigenvalue weighted by atomic mass is 9.91. The van der Waals surface area contributed by atoms with E-state index < -0.39 is 11.9 Å². The van der Waals surface area contributed by atoms with Crippen molar-refractivity contribution in [3.63, 3.8) is 0 Å². The van der Waals surface area contributed by atoms with E-state index in [1.807, 2.05) is 0 Å². The van der Waals surface area contributed by atoms with E-state index in [0.717, 1.165) is 25.7 Å². The second-order valence-corrected chi connectivity index (χ2v) is 5.26. The number of carbonyl (C=O) groups is 2. The first-order valence-corrected chi connectivity index (χ1v) is 7.34. The summed E-state index contributed by atoms with van der Waals surface area (Å²) in [5, 5.41) is 0. The van der Waals surface area contributed by atoms with Gasteiger partial charge in [0.1, 0.15) is 0 Å². The maximum atomic E-state index is 11.7. The van der Waals surface area contributed by atoms with Gasteiger partial charge in [-0.3, -0.25) is 0 Å². The zero-order valence-corrected chi connectivity index (χ0v) is 12.5. The number of esters is 2. The summed E-state index contributed by atoms with van der Waals surface area (Å²) in [6.07, 6.45) is 7.79. The average molecular weight is 295 g/mol. The Bertz CT molecular complexity index is 467. The van der Waals surface area contributed by atoms with E-state index in [1.54, 1.807) is 0 Å². The fraction of sp³-hybridized carbons (Fsp3) is 0.667. The molecule has 1 aliphatic rings. The molecule has 0 bridgehead atoms. The summed E-state index contributed by atoms with van der Waals surface area (Å²) in [4.78, 5) is 27.6. The smallest absolute Gasteiger partial charge is 0.376 e. The van der Waals surface area contributed by atoms with Crippen molar-refractivity contribution in [3.05, 3.63) is 17.3 Å². The Labute approximate surface area is 123 Å². The van der Waals surface area contributed by atoms with E-state index in [1.165, 1.54) is 33.5 Å². The highest BCUT2D eigenvalue weighted by molar-refractivity contribution is 5.99. The van der Waals surface area contributed by atoms with Crippen LogP contribution in [0, 0.1) is 0 Å². The van der Waals surface area contributed by atoms with Crippen LogP contribution in [0.5, 0.6) is 0 Å². The molecule has 6 nitrogen and oxygen atoms in total. The first-order valence-electron chi connectivity index (χ1n) is 7.34. The lowest BCUT2D eigenvalue weighted by Gasteiger charge is -2.16. The van der Waals surface area contributed by atoms with Crippen molar-refractivity contribution in [2.45, 2.75) is 50.9 Å². The van der Waals surface area contributed by atoms with Gasteiger partial charge >= 0.3 is 11.9 Å². The molecule has 0 aliphatic heterocycles. The van der Waals surface area contributed by atoms with Crippen LogP contribution in [0.15, 0.2) is 4.42 Å². The molecular formula is C15H21NO5. The maximum absolute atomic E-state index is 11.7. The highest BCUT2D eigenvalue weighted by atomic mass is 16.5. The summed E-state index contributed by atoms with van der Waals surface area (Å²) in [5.41, 5.74) is -0.0959. The largest absolute Gasteiger partial charge is 0.464 e. The molecule has 0 aromatic carbocycles. The lowest BCUT2D eigenvalue weighted by Crippen LogP contribution is -2.10. The number of methoxy groups -OCH3 is 2. The van der Waals surface area contributed by atoms with Crippen LogP contribution < -0.4 is 0 Å². The zero-order chi connectivity index (χ0) is 15.2. The summed E-state index contributed by atoms with van der Waals surface area (Å²) in [6.45, 7) is 0. The third-order valence-electron chi connectivity index (χ3n) is 3.85. The Morgan fingerprint density at radius 1 is 1.00 bits per heavy atom. The lowest BCUT2D eigenvalue weighted by molar-refractivity contribution is 0.0525. The van der Waals surface area contributed by atoms with Gasteiger partial charge in [0.15, 0.2) is 5.89 Å². The molecule has 2 rings (SSSR count). The number of carbonyl (C=O) groups excluding carboxylic acids is 2. The minimum absolute atomic E-state index is 0.0959. The first kappa shape index (κ1) is 15.5. The predicted octanol–water partition coefficient (Wildman–Crippen LogP) is 3.08. The molecule has 1 saturated carbocycles. The van der Waals surface area contributed by atoms with Gasteiger partial charge in [0, 0.05) is 5.92 Å². The van der Waals surface area contributed by atoms with Crippen molar-refractivity contribution in [3.8, 4) is 0 Å². The van der Waals surface area contributed by atoms with Gasteiger partial charge < -0.3 is 13.9 Å². The van der Waals surface area contributed by atoms with Gasteiger partial charge in [-0.05, 0) is 12.8 Å². The highest BCUT2D eigenvalue weighted by Crippen LogP contribution is 2.31. The standard InChI is InChI=1S/C15H21NO5/c1-19-14(17)11-12(15(18)20-2)21-13(16-11)10-8-6-4-3-5-7-9-10/h10H,3-9H2,1-2H3. The number of aromatic nitrogens is 1. The molecule has 1 fully saturated rings. The predicted molar refractivity (Wildman–Crippen MR) is 74.2 cm³/mol. The van der Waals surface area contributed by atoms with Crippen molar-refractivity contribution in [2.75, 3.05) is 14.2 Å². The number of rotatable bonds is 3. The van der Waals surface area contributed by atoms with E-state index in [0.29, 0.717) is 5.89 Å². The Balaban J connectivity index is 2.28. The monoisotopic (exact) mass is 295 g/mol. The van der Waals surface area contributed by atoms with E-state index in [2.05, 4.69) is 14.5 Å². The van der Waals surface area contributed by atoms with Crippen LogP contribution in [0.1, 0.15) is 77.8 Å². The molecule has 0 unspecified atom stereocenters. The second kappa shape index (κ2) is 7.24. The minimum Gasteiger partial charge on any atom is -0.464 e.